The molecule has 1 heterocycles. The molecule has 1 aromatic carbocycles. The van der Waals surface area contributed by atoms with Gasteiger partial charge in [-0.2, -0.15) is 0 Å². The summed E-state index contributed by atoms with van der Waals surface area (Å²) in [5, 5.41) is 9.18. The first kappa shape index (κ1) is 26.8. The second kappa shape index (κ2) is 11.7. The van der Waals surface area contributed by atoms with Gasteiger partial charge in [-0.1, -0.05) is 77.5 Å². The van der Waals surface area contributed by atoms with Crippen LogP contribution in [0, 0.1) is 5.92 Å². The van der Waals surface area contributed by atoms with Crippen LogP contribution in [-0.4, -0.2) is 36.2 Å². The summed E-state index contributed by atoms with van der Waals surface area (Å²) in [5.41, 5.74) is 13.2. The van der Waals surface area contributed by atoms with Crippen LogP contribution in [0.15, 0.2) is 48.7 Å². The highest BCUT2D eigenvalue weighted by Crippen LogP contribution is 2.46. The van der Waals surface area contributed by atoms with E-state index in [0.717, 1.165) is 43.7 Å². The maximum Gasteiger partial charge on any atom is 0.0443 e. The molecule has 1 unspecified atom stereocenters. The summed E-state index contributed by atoms with van der Waals surface area (Å²) in [7, 11) is 0. The first-order chi connectivity index (χ1) is 16.1. The zero-order chi connectivity index (χ0) is 24.8. The highest BCUT2D eigenvalue weighted by atomic mass is 16.3. The van der Waals surface area contributed by atoms with Crippen LogP contribution in [-0.2, 0) is 10.8 Å². The molecule has 1 aliphatic heterocycles. The lowest BCUT2D eigenvalue weighted by Crippen LogP contribution is -2.33. The summed E-state index contributed by atoms with van der Waals surface area (Å²) in [6.45, 7) is 17.3. The lowest BCUT2D eigenvalue weighted by molar-refractivity contribution is 0.217. The van der Waals surface area contributed by atoms with Crippen molar-refractivity contribution in [3.8, 4) is 0 Å². The number of allylic oxidation sites excluding steroid dienone is 5. The van der Waals surface area contributed by atoms with Crippen molar-refractivity contribution >= 4 is 5.57 Å². The topological polar surface area (TPSA) is 49.5 Å². The Morgan fingerprint density at radius 1 is 1.06 bits per heavy atom. The van der Waals surface area contributed by atoms with Crippen LogP contribution < -0.4 is 5.73 Å². The molecule has 1 saturated heterocycles. The standard InChI is InChI=1S/C31H48N2O/c1-24(26-14-15-27-28(23-26)31(4,5)18-17-30(27,2)3)11-9-13-29(32)25-12-7-6-8-19-33(21-16-25)20-10-22-34/h9,11,13-15,23,25,34H,1,6-8,10,12,16-22,32H2,2-5H3/b11-9-,29-13-. The van der Waals surface area contributed by atoms with Crippen molar-refractivity contribution in [2.24, 2.45) is 11.7 Å². The molecule has 1 fully saturated rings. The van der Waals surface area contributed by atoms with Crippen molar-refractivity contribution < 1.29 is 5.11 Å². The molecule has 0 amide bonds. The van der Waals surface area contributed by atoms with Crippen molar-refractivity contribution in [1.29, 1.82) is 0 Å². The number of nitrogens with two attached hydrogens (primary N) is 1. The van der Waals surface area contributed by atoms with Crippen LogP contribution in [0.3, 0.4) is 0 Å². The fraction of sp³-hybridized carbons (Fsp3) is 0.613. The Labute approximate surface area is 208 Å². The molecule has 1 aromatic rings. The van der Waals surface area contributed by atoms with Gasteiger partial charge >= 0.3 is 0 Å². The number of aliphatic hydroxyl groups is 1. The Morgan fingerprint density at radius 2 is 1.79 bits per heavy atom. The molecule has 3 N–H and O–H groups in total. The van der Waals surface area contributed by atoms with E-state index in [2.05, 4.69) is 75.6 Å². The van der Waals surface area contributed by atoms with Crippen LogP contribution in [0.1, 0.15) is 95.8 Å². The van der Waals surface area contributed by atoms with Gasteiger partial charge in [0.1, 0.15) is 0 Å². The normalized spacial score (nSPS) is 23.7. The van der Waals surface area contributed by atoms with Crippen LogP contribution in [0.2, 0.25) is 0 Å². The predicted octanol–water partition coefficient (Wildman–Crippen LogP) is 6.71. The average Bonchev–Trinajstić information content (AvgIpc) is 2.92. The number of nitrogens with zero attached hydrogens (tertiary/aromatic N) is 1. The van der Waals surface area contributed by atoms with E-state index in [1.54, 1.807) is 0 Å². The van der Waals surface area contributed by atoms with E-state index in [9.17, 15) is 5.11 Å². The van der Waals surface area contributed by atoms with E-state index in [1.165, 1.54) is 55.2 Å². The lowest BCUT2D eigenvalue weighted by Gasteiger charge is -2.42. The highest BCUT2D eigenvalue weighted by Gasteiger charge is 2.36. The van der Waals surface area contributed by atoms with Gasteiger partial charge in [0.25, 0.3) is 0 Å². The van der Waals surface area contributed by atoms with E-state index in [0.29, 0.717) is 5.92 Å². The molecule has 0 saturated carbocycles. The molecule has 1 aliphatic carbocycles. The SMILES string of the molecule is C=C(/C=C\C=C(/N)C1CCCCCN(CCCO)CC1)c1ccc2c(c1)C(C)(C)CCC2(C)C. The van der Waals surface area contributed by atoms with Crippen molar-refractivity contribution in [2.75, 3.05) is 26.2 Å². The van der Waals surface area contributed by atoms with E-state index in [1.807, 2.05) is 0 Å². The van der Waals surface area contributed by atoms with E-state index >= 15 is 0 Å². The molecule has 3 rings (SSSR count). The Hall–Kier alpha value is -1.84. The Balaban J connectivity index is 1.68. The molecule has 34 heavy (non-hydrogen) atoms. The van der Waals surface area contributed by atoms with E-state index in [4.69, 9.17) is 5.73 Å². The molecule has 188 valence electrons. The van der Waals surface area contributed by atoms with Crippen LogP contribution in [0.25, 0.3) is 5.57 Å². The summed E-state index contributed by atoms with van der Waals surface area (Å²) >= 11 is 0. The molecule has 3 heteroatoms. The smallest absolute Gasteiger partial charge is 0.0443 e. The van der Waals surface area contributed by atoms with Gasteiger partial charge in [0.2, 0.25) is 0 Å². The van der Waals surface area contributed by atoms with Crippen molar-refractivity contribution in [2.45, 2.75) is 89.9 Å². The number of benzene rings is 1. The number of hydrogen-bond acceptors (Lipinski definition) is 3. The third-order valence-corrected chi connectivity index (χ3v) is 8.23. The van der Waals surface area contributed by atoms with Gasteiger partial charge in [-0.15, -0.1) is 0 Å². The maximum absolute atomic E-state index is 9.18. The number of rotatable bonds is 7. The Kier molecular flexibility index (Phi) is 9.23. The van der Waals surface area contributed by atoms with Gasteiger partial charge in [-0.05, 0) is 96.7 Å². The van der Waals surface area contributed by atoms with E-state index < -0.39 is 0 Å². The number of hydrogen-bond donors (Lipinski definition) is 2. The average molecular weight is 465 g/mol. The zero-order valence-corrected chi connectivity index (χ0v) is 22.2. The first-order valence-electron chi connectivity index (χ1n) is 13.5. The second-order valence-corrected chi connectivity index (χ2v) is 11.8. The minimum absolute atomic E-state index is 0.206. The third-order valence-electron chi connectivity index (χ3n) is 8.23. The summed E-state index contributed by atoms with van der Waals surface area (Å²) in [6, 6.07) is 6.94. The highest BCUT2D eigenvalue weighted by molar-refractivity contribution is 5.73. The van der Waals surface area contributed by atoms with Crippen molar-refractivity contribution in [3.63, 3.8) is 0 Å². The predicted molar refractivity (Wildman–Crippen MR) is 147 cm³/mol. The molecule has 3 nitrogen and oxygen atoms in total. The molecule has 2 aliphatic rings. The molecule has 0 aromatic heterocycles. The molecular weight excluding hydrogens is 416 g/mol. The van der Waals surface area contributed by atoms with Gasteiger partial charge in [0.15, 0.2) is 0 Å². The van der Waals surface area contributed by atoms with Gasteiger partial charge in [-0.25, -0.2) is 0 Å². The zero-order valence-electron chi connectivity index (χ0n) is 22.2. The van der Waals surface area contributed by atoms with Gasteiger partial charge < -0.3 is 15.7 Å². The first-order valence-corrected chi connectivity index (χ1v) is 13.5. The lowest BCUT2D eigenvalue weighted by atomic mass is 9.63. The van der Waals surface area contributed by atoms with Crippen molar-refractivity contribution in [3.05, 3.63) is 65.4 Å². The van der Waals surface area contributed by atoms with E-state index in [-0.39, 0.29) is 17.4 Å². The largest absolute Gasteiger partial charge is 0.402 e. The van der Waals surface area contributed by atoms with Crippen LogP contribution in [0.5, 0.6) is 0 Å². The third kappa shape index (κ3) is 6.86. The second-order valence-electron chi connectivity index (χ2n) is 11.8. The Bertz CT molecular complexity index is 893. The quantitative estimate of drug-likeness (QED) is 0.441. The summed E-state index contributed by atoms with van der Waals surface area (Å²) in [4.78, 5) is 2.50. The number of fused-ring (bicyclic) bond motifs is 1. The molecular formula is C31H48N2O. The summed E-state index contributed by atoms with van der Waals surface area (Å²) in [5.74, 6) is 0.430. The fourth-order valence-corrected chi connectivity index (χ4v) is 5.64. The summed E-state index contributed by atoms with van der Waals surface area (Å²) < 4.78 is 0. The minimum atomic E-state index is 0.206. The summed E-state index contributed by atoms with van der Waals surface area (Å²) in [6.07, 6.45) is 15.6. The maximum atomic E-state index is 9.18. The fourth-order valence-electron chi connectivity index (χ4n) is 5.64. The molecule has 0 spiro atoms. The van der Waals surface area contributed by atoms with Gasteiger partial charge in [0, 0.05) is 18.8 Å². The van der Waals surface area contributed by atoms with Crippen LogP contribution >= 0.6 is 0 Å². The molecule has 1 atom stereocenters. The van der Waals surface area contributed by atoms with Gasteiger partial charge in [0.05, 0.1) is 0 Å². The Morgan fingerprint density at radius 3 is 2.53 bits per heavy atom. The van der Waals surface area contributed by atoms with Crippen LogP contribution in [0.4, 0.5) is 0 Å². The monoisotopic (exact) mass is 464 g/mol. The minimum Gasteiger partial charge on any atom is -0.402 e. The number of aliphatic hydroxyl groups excluding tert-OH is 1. The van der Waals surface area contributed by atoms with Gasteiger partial charge in [-0.3, -0.25) is 0 Å². The molecule has 0 bridgehead atoms. The molecule has 0 radical (unpaired) electrons. The van der Waals surface area contributed by atoms with Crippen molar-refractivity contribution in [1.82, 2.24) is 4.90 Å².